The Balaban J connectivity index is 2.31. The molecule has 1 saturated carbocycles. The number of hydrogen-bond donors (Lipinski definition) is 0. The summed E-state index contributed by atoms with van der Waals surface area (Å²) in [5.41, 5.74) is 1.02. The molecule has 2 unspecified atom stereocenters. The van der Waals surface area contributed by atoms with Crippen LogP contribution in [0.15, 0.2) is 18.2 Å². The molecule has 4 heteroatoms. The van der Waals surface area contributed by atoms with Crippen LogP contribution < -0.4 is 0 Å². The average molecular weight is 334 g/mol. The Labute approximate surface area is 143 Å². The number of nitrogens with zero attached hydrogens (tertiary/aromatic N) is 1. The van der Waals surface area contributed by atoms with Gasteiger partial charge in [-0.15, -0.1) is 0 Å². The van der Waals surface area contributed by atoms with Crippen molar-refractivity contribution in [2.75, 3.05) is 0 Å². The molecule has 0 aliphatic heterocycles. The number of carbonyl (C=O) groups is 1. The van der Waals surface area contributed by atoms with Gasteiger partial charge in [-0.25, -0.2) is 0 Å². The van der Waals surface area contributed by atoms with Gasteiger partial charge in [0.1, 0.15) is 11.7 Å². The van der Waals surface area contributed by atoms with E-state index in [0.717, 1.165) is 24.8 Å². The Hall–Kier alpha value is -1.53. The zero-order chi connectivity index (χ0) is 17.2. The Bertz CT molecular complexity index is 623. The van der Waals surface area contributed by atoms with E-state index in [9.17, 15) is 4.79 Å². The van der Waals surface area contributed by atoms with Crippen molar-refractivity contribution in [3.63, 3.8) is 0 Å². The molecule has 2 rings (SSSR count). The SMILES string of the molecule is CCC(C(=O)OC(C)(C)C)C(c1ccc(C#N)c(Cl)c1)C1CC1. The highest BCUT2D eigenvalue weighted by Crippen LogP contribution is 2.48. The number of esters is 1. The zero-order valence-corrected chi connectivity index (χ0v) is 15.0. The maximum atomic E-state index is 12.6. The molecule has 1 fully saturated rings. The fourth-order valence-electron chi connectivity index (χ4n) is 3.06. The molecule has 1 aliphatic rings. The molecular formula is C19H24ClNO2. The summed E-state index contributed by atoms with van der Waals surface area (Å²) in [4.78, 5) is 12.6. The second-order valence-corrected chi connectivity index (χ2v) is 7.67. The summed E-state index contributed by atoms with van der Waals surface area (Å²) in [6.45, 7) is 7.70. The largest absolute Gasteiger partial charge is 0.460 e. The first kappa shape index (κ1) is 17.8. The molecule has 0 radical (unpaired) electrons. The Morgan fingerprint density at radius 1 is 1.43 bits per heavy atom. The maximum Gasteiger partial charge on any atom is 0.310 e. The van der Waals surface area contributed by atoms with Crippen molar-refractivity contribution in [3.8, 4) is 6.07 Å². The van der Waals surface area contributed by atoms with Crippen LogP contribution in [0.4, 0.5) is 0 Å². The highest BCUT2D eigenvalue weighted by atomic mass is 35.5. The minimum absolute atomic E-state index is 0.111. The molecule has 0 spiro atoms. The summed E-state index contributed by atoms with van der Waals surface area (Å²) in [5.74, 6) is 0.291. The van der Waals surface area contributed by atoms with E-state index in [1.165, 1.54) is 0 Å². The summed E-state index contributed by atoms with van der Waals surface area (Å²) in [7, 11) is 0. The van der Waals surface area contributed by atoms with Gasteiger partial charge < -0.3 is 4.74 Å². The van der Waals surface area contributed by atoms with Gasteiger partial charge in [-0.1, -0.05) is 24.6 Å². The molecular weight excluding hydrogens is 310 g/mol. The maximum absolute atomic E-state index is 12.6. The summed E-state index contributed by atoms with van der Waals surface area (Å²) in [5, 5.41) is 9.49. The van der Waals surface area contributed by atoms with Crippen LogP contribution in [-0.2, 0) is 9.53 Å². The van der Waals surface area contributed by atoms with Crippen LogP contribution in [-0.4, -0.2) is 11.6 Å². The van der Waals surface area contributed by atoms with Gasteiger partial charge in [-0.05, 0) is 63.6 Å². The third kappa shape index (κ3) is 4.48. The van der Waals surface area contributed by atoms with Crippen LogP contribution in [0.1, 0.15) is 64.0 Å². The standard InChI is InChI=1S/C19H24ClNO2/c1-5-15(18(22)23-19(2,3)4)17(12-6-7-12)13-8-9-14(11-21)16(20)10-13/h8-10,12,15,17H,5-7H2,1-4H3. The van der Waals surface area contributed by atoms with Gasteiger partial charge >= 0.3 is 5.97 Å². The van der Waals surface area contributed by atoms with Crippen LogP contribution >= 0.6 is 11.6 Å². The minimum atomic E-state index is -0.485. The molecule has 23 heavy (non-hydrogen) atoms. The van der Waals surface area contributed by atoms with Crippen molar-refractivity contribution in [2.24, 2.45) is 11.8 Å². The third-order valence-corrected chi connectivity index (χ3v) is 4.52. The molecule has 1 aromatic carbocycles. The lowest BCUT2D eigenvalue weighted by molar-refractivity contribution is -0.161. The lowest BCUT2D eigenvalue weighted by Gasteiger charge is -2.29. The van der Waals surface area contributed by atoms with Crippen LogP contribution in [0.3, 0.4) is 0 Å². The first-order valence-corrected chi connectivity index (χ1v) is 8.57. The Morgan fingerprint density at radius 2 is 2.09 bits per heavy atom. The van der Waals surface area contributed by atoms with E-state index >= 15 is 0 Å². The molecule has 0 amide bonds. The molecule has 0 N–H and O–H groups in total. The topological polar surface area (TPSA) is 50.1 Å². The highest BCUT2D eigenvalue weighted by Gasteiger charge is 2.41. The number of benzene rings is 1. The Kier molecular flexibility index (Phi) is 5.37. The lowest BCUT2D eigenvalue weighted by Crippen LogP contribution is -2.32. The number of rotatable bonds is 5. The lowest BCUT2D eigenvalue weighted by atomic mass is 9.80. The molecule has 3 nitrogen and oxygen atoms in total. The Morgan fingerprint density at radius 3 is 2.52 bits per heavy atom. The number of halogens is 1. The summed E-state index contributed by atoms with van der Waals surface area (Å²) < 4.78 is 5.62. The second-order valence-electron chi connectivity index (χ2n) is 7.26. The van der Waals surface area contributed by atoms with Crippen molar-refractivity contribution in [3.05, 3.63) is 34.3 Å². The van der Waals surface area contributed by atoms with Crippen molar-refractivity contribution >= 4 is 17.6 Å². The van der Waals surface area contributed by atoms with E-state index in [4.69, 9.17) is 21.6 Å². The third-order valence-electron chi connectivity index (χ3n) is 4.21. The van der Waals surface area contributed by atoms with Crippen molar-refractivity contribution in [1.82, 2.24) is 0 Å². The summed E-state index contributed by atoms with van der Waals surface area (Å²) >= 11 is 6.19. The van der Waals surface area contributed by atoms with Crippen molar-refractivity contribution in [2.45, 2.75) is 58.5 Å². The van der Waals surface area contributed by atoms with Crippen LogP contribution in [0.25, 0.3) is 0 Å². The van der Waals surface area contributed by atoms with Crippen molar-refractivity contribution in [1.29, 1.82) is 5.26 Å². The van der Waals surface area contributed by atoms with Gasteiger partial charge in [0.25, 0.3) is 0 Å². The van der Waals surface area contributed by atoms with E-state index in [2.05, 4.69) is 6.07 Å². The molecule has 1 aliphatic carbocycles. The predicted molar refractivity (Wildman–Crippen MR) is 91.3 cm³/mol. The molecule has 124 valence electrons. The normalized spacial score (nSPS) is 17.2. The molecule has 0 bridgehead atoms. The van der Waals surface area contributed by atoms with Gasteiger partial charge in [0.05, 0.1) is 16.5 Å². The quantitative estimate of drug-likeness (QED) is 0.706. The van der Waals surface area contributed by atoms with Crippen molar-refractivity contribution < 1.29 is 9.53 Å². The molecule has 0 heterocycles. The molecule has 1 aromatic rings. The monoisotopic (exact) mass is 333 g/mol. The second kappa shape index (κ2) is 6.93. The van der Waals surface area contributed by atoms with E-state index < -0.39 is 5.60 Å². The predicted octanol–water partition coefficient (Wildman–Crippen LogP) is 5.07. The van der Waals surface area contributed by atoms with Gasteiger partial charge in [0, 0.05) is 5.92 Å². The van der Waals surface area contributed by atoms with Gasteiger partial charge in [-0.3, -0.25) is 4.79 Å². The molecule has 0 aromatic heterocycles. The summed E-state index contributed by atoms with van der Waals surface area (Å²) in [6, 6.07) is 7.60. The van der Waals surface area contributed by atoms with E-state index in [1.54, 1.807) is 6.07 Å². The fourth-order valence-corrected chi connectivity index (χ4v) is 3.29. The number of ether oxygens (including phenoxy) is 1. The van der Waals surface area contributed by atoms with Crippen LogP contribution in [0, 0.1) is 23.2 Å². The first-order valence-electron chi connectivity index (χ1n) is 8.19. The molecule has 0 saturated heterocycles. The molecule has 2 atom stereocenters. The highest BCUT2D eigenvalue weighted by molar-refractivity contribution is 6.31. The number of nitriles is 1. The average Bonchev–Trinajstić information content (AvgIpc) is 3.26. The van der Waals surface area contributed by atoms with Gasteiger partial charge in [-0.2, -0.15) is 5.26 Å². The van der Waals surface area contributed by atoms with Gasteiger partial charge in [0.2, 0.25) is 0 Å². The number of hydrogen-bond acceptors (Lipinski definition) is 3. The number of carbonyl (C=O) groups excluding carboxylic acids is 1. The van der Waals surface area contributed by atoms with E-state index in [0.29, 0.717) is 16.5 Å². The smallest absolute Gasteiger partial charge is 0.310 e. The van der Waals surface area contributed by atoms with Crippen LogP contribution in [0.2, 0.25) is 5.02 Å². The zero-order valence-electron chi connectivity index (χ0n) is 14.2. The minimum Gasteiger partial charge on any atom is -0.460 e. The first-order chi connectivity index (χ1) is 10.8. The van der Waals surface area contributed by atoms with Crippen LogP contribution in [0.5, 0.6) is 0 Å². The van der Waals surface area contributed by atoms with E-state index in [1.807, 2.05) is 39.8 Å². The van der Waals surface area contributed by atoms with Gasteiger partial charge in [0.15, 0.2) is 0 Å². The van der Waals surface area contributed by atoms with E-state index in [-0.39, 0.29) is 17.8 Å². The fraction of sp³-hybridized carbons (Fsp3) is 0.579. The summed E-state index contributed by atoms with van der Waals surface area (Å²) in [6.07, 6.45) is 2.98.